The van der Waals surface area contributed by atoms with E-state index in [1.165, 1.54) is 0 Å². The monoisotopic (exact) mass is 204 g/mol. The third-order valence-electron chi connectivity index (χ3n) is 2.66. The zero-order chi connectivity index (χ0) is 11.4. The third kappa shape index (κ3) is 4.40. The lowest BCUT2D eigenvalue weighted by molar-refractivity contribution is -0.0700. The fourth-order valence-corrected chi connectivity index (χ4v) is 1.67. The number of hydrogen-bond donors (Lipinski definition) is 1. The molecule has 0 aromatic heterocycles. The van der Waals surface area contributed by atoms with Crippen molar-refractivity contribution in [2.45, 2.75) is 45.8 Å². The van der Waals surface area contributed by atoms with Gasteiger partial charge in [0.15, 0.2) is 0 Å². The first-order chi connectivity index (χ1) is 6.25. The highest BCUT2D eigenvalue weighted by Gasteiger charge is 2.34. The molecule has 14 heavy (non-hydrogen) atoms. The Morgan fingerprint density at radius 1 is 1.14 bits per heavy atom. The van der Waals surface area contributed by atoms with E-state index >= 15 is 0 Å². The van der Waals surface area contributed by atoms with Crippen LogP contribution in [-0.4, -0.2) is 37.6 Å². The van der Waals surface area contributed by atoms with Gasteiger partial charge in [-0.1, -0.05) is 13.8 Å². The first-order valence-electron chi connectivity index (χ1n) is 4.97. The molecule has 3 heteroatoms. The molecule has 0 amide bonds. The molecule has 0 rings (SSSR count). The molecule has 0 aromatic rings. The summed E-state index contributed by atoms with van der Waals surface area (Å²) in [5, 5.41) is 9.86. The van der Waals surface area contributed by atoms with Crippen molar-refractivity contribution in [3.05, 3.63) is 0 Å². The minimum absolute atomic E-state index is 0.199. The fourth-order valence-electron chi connectivity index (χ4n) is 1.67. The van der Waals surface area contributed by atoms with Crippen molar-refractivity contribution in [3.8, 4) is 0 Å². The van der Waals surface area contributed by atoms with Gasteiger partial charge in [-0.2, -0.15) is 0 Å². The summed E-state index contributed by atoms with van der Waals surface area (Å²) in [4.78, 5) is 0. The first-order valence-corrected chi connectivity index (χ1v) is 4.97. The number of aliphatic hydroxyl groups is 1. The van der Waals surface area contributed by atoms with Gasteiger partial charge in [0, 0.05) is 14.2 Å². The van der Waals surface area contributed by atoms with Crippen LogP contribution in [0, 0.1) is 5.41 Å². The average Bonchev–Trinajstić information content (AvgIpc) is 2.03. The van der Waals surface area contributed by atoms with E-state index in [-0.39, 0.29) is 11.0 Å². The van der Waals surface area contributed by atoms with Crippen LogP contribution in [0.2, 0.25) is 0 Å². The SMILES string of the molecule is COC[C@H](O)C(C)(C)CC(C)(C)OC. The summed E-state index contributed by atoms with van der Waals surface area (Å²) in [6, 6.07) is 0. The molecule has 0 radical (unpaired) electrons. The molecule has 1 N–H and O–H groups in total. The van der Waals surface area contributed by atoms with Crippen LogP contribution in [0.4, 0.5) is 0 Å². The maximum Gasteiger partial charge on any atom is 0.0825 e. The molecule has 0 aliphatic heterocycles. The second-order valence-electron chi connectivity index (χ2n) is 5.10. The minimum Gasteiger partial charge on any atom is -0.390 e. The molecule has 0 bridgehead atoms. The predicted molar refractivity (Wildman–Crippen MR) is 57.4 cm³/mol. The van der Waals surface area contributed by atoms with Gasteiger partial charge in [-0.25, -0.2) is 0 Å². The van der Waals surface area contributed by atoms with Gasteiger partial charge in [-0.15, -0.1) is 0 Å². The lowest BCUT2D eigenvalue weighted by Crippen LogP contribution is -2.40. The molecular formula is C11H24O3. The third-order valence-corrected chi connectivity index (χ3v) is 2.66. The van der Waals surface area contributed by atoms with E-state index in [0.717, 1.165) is 6.42 Å². The zero-order valence-electron chi connectivity index (χ0n) is 10.3. The van der Waals surface area contributed by atoms with Crippen LogP contribution in [-0.2, 0) is 9.47 Å². The van der Waals surface area contributed by atoms with E-state index in [0.29, 0.717) is 6.61 Å². The topological polar surface area (TPSA) is 38.7 Å². The summed E-state index contributed by atoms with van der Waals surface area (Å²) >= 11 is 0. The van der Waals surface area contributed by atoms with Gasteiger partial charge in [-0.05, 0) is 25.7 Å². The van der Waals surface area contributed by atoms with Crippen molar-refractivity contribution in [2.24, 2.45) is 5.41 Å². The van der Waals surface area contributed by atoms with Crippen molar-refractivity contribution < 1.29 is 14.6 Å². The molecule has 3 nitrogen and oxygen atoms in total. The lowest BCUT2D eigenvalue weighted by Gasteiger charge is -2.37. The summed E-state index contributed by atoms with van der Waals surface area (Å²) in [6.45, 7) is 8.46. The smallest absolute Gasteiger partial charge is 0.0825 e. The summed E-state index contributed by atoms with van der Waals surface area (Å²) in [7, 11) is 3.29. The van der Waals surface area contributed by atoms with Crippen LogP contribution in [0.1, 0.15) is 34.1 Å². The summed E-state index contributed by atoms with van der Waals surface area (Å²) in [6.07, 6.45) is 0.336. The summed E-state index contributed by atoms with van der Waals surface area (Å²) in [5.74, 6) is 0. The Morgan fingerprint density at radius 3 is 2.00 bits per heavy atom. The van der Waals surface area contributed by atoms with Crippen LogP contribution in [0.5, 0.6) is 0 Å². The maximum absolute atomic E-state index is 9.86. The quantitative estimate of drug-likeness (QED) is 0.717. The molecule has 0 fully saturated rings. The largest absolute Gasteiger partial charge is 0.390 e. The van der Waals surface area contributed by atoms with Crippen LogP contribution >= 0.6 is 0 Å². The van der Waals surface area contributed by atoms with Crippen LogP contribution in [0.3, 0.4) is 0 Å². The molecule has 0 spiro atoms. The number of hydrogen-bond acceptors (Lipinski definition) is 3. The van der Waals surface area contributed by atoms with Crippen LogP contribution in [0.15, 0.2) is 0 Å². The highest BCUT2D eigenvalue weighted by molar-refractivity contribution is 4.85. The first kappa shape index (κ1) is 13.9. The average molecular weight is 204 g/mol. The van der Waals surface area contributed by atoms with E-state index in [9.17, 15) is 5.11 Å². The second kappa shape index (κ2) is 5.10. The van der Waals surface area contributed by atoms with E-state index < -0.39 is 6.10 Å². The van der Waals surface area contributed by atoms with Gasteiger partial charge in [0.1, 0.15) is 0 Å². The molecule has 0 saturated heterocycles. The minimum atomic E-state index is -0.457. The Kier molecular flexibility index (Phi) is 5.06. The standard InChI is InChI=1S/C11H24O3/c1-10(2,9(12)7-13-5)8-11(3,4)14-6/h9,12H,7-8H2,1-6H3/t9-/m0/s1. The normalized spacial score (nSPS) is 15.6. The van der Waals surface area contributed by atoms with E-state index in [2.05, 4.69) is 0 Å². The molecule has 0 saturated carbocycles. The highest BCUT2D eigenvalue weighted by Crippen LogP contribution is 2.33. The van der Waals surface area contributed by atoms with Crippen molar-refractivity contribution in [2.75, 3.05) is 20.8 Å². The highest BCUT2D eigenvalue weighted by atomic mass is 16.5. The number of rotatable bonds is 6. The molecule has 0 heterocycles. The molecular weight excluding hydrogens is 180 g/mol. The Labute approximate surface area is 87.4 Å². The van der Waals surface area contributed by atoms with Gasteiger partial charge < -0.3 is 14.6 Å². The number of ether oxygens (including phenoxy) is 2. The zero-order valence-corrected chi connectivity index (χ0v) is 10.3. The summed E-state index contributed by atoms with van der Waals surface area (Å²) in [5.41, 5.74) is -0.409. The van der Waals surface area contributed by atoms with E-state index in [1.54, 1.807) is 14.2 Å². The molecule has 86 valence electrons. The Bertz CT molecular complexity index is 164. The van der Waals surface area contributed by atoms with Crippen molar-refractivity contribution in [1.82, 2.24) is 0 Å². The van der Waals surface area contributed by atoms with Crippen LogP contribution < -0.4 is 0 Å². The molecule has 0 aliphatic rings. The lowest BCUT2D eigenvalue weighted by atomic mass is 9.77. The van der Waals surface area contributed by atoms with Crippen molar-refractivity contribution in [1.29, 1.82) is 0 Å². The van der Waals surface area contributed by atoms with E-state index in [1.807, 2.05) is 27.7 Å². The Balaban J connectivity index is 4.31. The molecule has 0 unspecified atom stereocenters. The molecule has 1 atom stereocenters. The second-order valence-corrected chi connectivity index (χ2v) is 5.10. The van der Waals surface area contributed by atoms with Crippen molar-refractivity contribution >= 4 is 0 Å². The van der Waals surface area contributed by atoms with Gasteiger partial charge in [0.05, 0.1) is 18.3 Å². The molecule has 0 aliphatic carbocycles. The predicted octanol–water partition coefficient (Wildman–Crippen LogP) is 1.83. The molecule has 0 aromatic carbocycles. The van der Waals surface area contributed by atoms with Crippen LogP contribution in [0.25, 0.3) is 0 Å². The number of methoxy groups -OCH3 is 2. The van der Waals surface area contributed by atoms with Crippen molar-refractivity contribution in [3.63, 3.8) is 0 Å². The summed E-state index contributed by atoms with van der Waals surface area (Å²) < 4.78 is 10.3. The number of aliphatic hydroxyl groups excluding tert-OH is 1. The maximum atomic E-state index is 9.86. The Morgan fingerprint density at radius 2 is 1.64 bits per heavy atom. The van der Waals surface area contributed by atoms with Gasteiger partial charge in [0.25, 0.3) is 0 Å². The Hall–Kier alpha value is -0.120. The van der Waals surface area contributed by atoms with Gasteiger partial charge in [0.2, 0.25) is 0 Å². The van der Waals surface area contributed by atoms with Gasteiger partial charge in [-0.3, -0.25) is 0 Å². The van der Waals surface area contributed by atoms with Gasteiger partial charge >= 0.3 is 0 Å². The fraction of sp³-hybridized carbons (Fsp3) is 1.00. The van der Waals surface area contributed by atoms with E-state index in [4.69, 9.17) is 9.47 Å².